The van der Waals surface area contributed by atoms with Gasteiger partial charge in [-0.05, 0) is 89.2 Å². The van der Waals surface area contributed by atoms with E-state index < -0.39 is 11.5 Å². The molecule has 40 heavy (non-hydrogen) atoms. The van der Waals surface area contributed by atoms with Gasteiger partial charge in [0.2, 0.25) is 0 Å². The number of rotatable bonds is 12. The molecule has 1 aliphatic carbocycles. The lowest BCUT2D eigenvalue weighted by Crippen LogP contribution is -2.19. The molecule has 0 bridgehead atoms. The third-order valence-electron chi connectivity index (χ3n) is 7.46. The molecule has 0 aromatic heterocycles. The standard InChI is InChI=1S/C34H41FO5/c1-6-39-32(36)19-25(16-22-10-11-22)24-8-7-9-27(18-24)40-21-23-12-14-28(30(17-23)33(37)34(2,3)4)29-20-26(38-5)13-15-31(29)35/h7-9,12-15,17-18,20,22,25,33,37H,6,10-11,16,19,21H2,1-5H3/t25-,33+/m0/s1. The Bertz CT molecular complexity index is 1310. The van der Waals surface area contributed by atoms with Crippen molar-refractivity contribution in [3.05, 3.63) is 83.2 Å². The summed E-state index contributed by atoms with van der Waals surface area (Å²) >= 11 is 0. The number of halogens is 1. The van der Waals surface area contributed by atoms with Gasteiger partial charge in [0.1, 0.15) is 23.9 Å². The predicted octanol–water partition coefficient (Wildman–Crippen LogP) is 8.00. The zero-order valence-electron chi connectivity index (χ0n) is 24.2. The Morgan fingerprint density at radius 1 is 1.02 bits per heavy atom. The van der Waals surface area contributed by atoms with Crippen LogP contribution in [0.1, 0.15) is 82.1 Å². The summed E-state index contributed by atoms with van der Waals surface area (Å²) in [4.78, 5) is 12.3. The maximum Gasteiger partial charge on any atom is 0.306 e. The molecule has 0 amide bonds. The molecule has 214 valence electrons. The molecule has 2 atom stereocenters. The zero-order chi connectivity index (χ0) is 28.9. The van der Waals surface area contributed by atoms with Crippen LogP contribution in [0.25, 0.3) is 11.1 Å². The van der Waals surface area contributed by atoms with E-state index in [0.717, 1.165) is 17.5 Å². The summed E-state index contributed by atoms with van der Waals surface area (Å²) in [6.45, 7) is 8.34. The molecule has 1 fully saturated rings. The second-order valence-electron chi connectivity index (χ2n) is 11.8. The monoisotopic (exact) mass is 548 g/mol. The zero-order valence-corrected chi connectivity index (χ0v) is 24.2. The molecular formula is C34H41FO5. The number of ether oxygens (including phenoxy) is 3. The molecule has 5 nitrogen and oxygen atoms in total. The van der Waals surface area contributed by atoms with E-state index in [1.807, 2.05) is 64.1 Å². The minimum absolute atomic E-state index is 0.0979. The van der Waals surface area contributed by atoms with Gasteiger partial charge in [0.15, 0.2) is 0 Å². The Balaban J connectivity index is 1.58. The van der Waals surface area contributed by atoms with E-state index in [1.54, 1.807) is 19.2 Å². The highest BCUT2D eigenvalue weighted by molar-refractivity contribution is 5.71. The Kier molecular flexibility index (Phi) is 9.52. The number of hydrogen-bond donors (Lipinski definition) is 1. The SMILES string of the molecule is CCOC(=O)C[C@H](CC1CC1)c1cccc(OCc2ccc(-c3cc(OC)ccc3F)c([C@@H](O)C(C)(C)C)c2)c1. The van der Waals surface area contributed by atoms with Gasteiger partial charge in [0, 0.05) is 5.56 Å². The van der Waals surface area contributed by atoms with Crippen molar-refractivity contribution < 1.29 is 28.5 Å². The first kappa shape index (κ1) is 29.6. The molecular weight excluding hydrogens is 507 g/mol. The number of hydrogen-bond acceptors (Lipinski definition) is 5. The van der Waals surface area contributed by atoms with Crippen LogP contribution in [-0.4, -0.2) is 24.8 Å². The van der Waals surface area contributed by atoms with Gasteiger partial charge in [-0.3, -0.25) is 4.79 Å². The van der Waals surface area contributed by atoms with Gasteiger partial charge in [-0.15, -0.1) is 0 Å². The van der Waals surface area contributed by atoms with Crippen molar-refractivity contribution in [3.63, 3.8) is 0 Å². The lowest BCUT2D eigenvalue weighted by Gasteiger charge is -2.28. The molecule has 3 aromatic rings. The molecule has 3 aromatic carbocycles. The lowest BCUT2D eigenvalue weighted by molar-refractivity contribution is -0.143. The Morgan fingerprint density at radius 2 is 1.80 bits per heavy atom. The van der Waals surface area contributed by atoms with Crippen molar-refractivity contribution in [3.8, 4) is 22.6 Å². The van der Waals surface area contributed by atoms with Crippen LogP contribution in [0.2, 0.25) is 0 Å². The van der Waals surface area contributed by atoms with Crippen molar-refractivity contribution in [1.29, 1.82) is 0 Å². The fraction of sp³-hybridized carbons (Fsp3) is 0.441. The van der Waals surface area contributed by atoms with Crippen LogP contribution in [-0.2, 0) is 16.1 Å². The summed E-state index contributed by atoms with van der Waals surface area (Å²) in [6, 6.07) is 18.2. The van der Waals surface area contributed by atoms with E-state index in [9.17, 15) is 14.3 Å². The average molecular weight is 549 g/mol. The Labute approximate surface area is 237 Å². The summed E-state index contributed by atoms with van der Waals surface area (Å²) in [7, 11) is 1.54. The van der Waals surface area contributed by atoms with Crippen LogP contribution >= 0.6 is 0 Å². The summed E-state index contributed by atoms with van der Waals surface area (Å²) < 4.78 is 31.7. The molecule has 0 heterocycles. The molecule has 0 radical (unpaired) electrons. The number of esters is 1. The van der Waals surface area contributed by atoms with Gasteiger partial charge in [0.25, 0.3) is 0 Å². The predicted molar refractivity (Wildman–Crippen MR) is 155 cm³/mol. The Hall–Kier alpha value is -3.38. The van der Waals surface area contributed by atoms with E-state index in [-0.39, 0.29) is 24.3 Å². The van der Waals surface area contributed by atoms with Crippen LogP contribution in [0.3, 0.4) is 0 Å². The minimum Gasteiger partial charge on any atom is -0.497 e. The van der Waals surface area contributed by atoms with E-state index in [4.69, 9.17) is 14.2 Å². The van der Waals surface area contributed by atoms with Crippen molar-refractivity contribution in [2.24, 2.45) is 11.3 Å². The van der Waals surface area contributed by atoms with Gasteiger partial charge in [-0.25, -0.2) is 4.39 Å². The highest BCUT2D eigenvalue weighted by atomic mass is 19.1. The number of aliphatic hydroxyl groups is 1. The second kappa shape index (κ2) is 12.9. The van der Waals surface area contributed by atoms with Crippen molar-refractivity contribution in [2.45, 2.75) is 72.0 Å². The largest absolute Gasteiger partial charge is 0.497 e. The number of methoxy groups -OCH3 is 1. The normalized spacial score (nSPS) is 14.9. The van der Waals surface area contributed by atoms with Crippen LogP contribution < -0.4 is 9.47 Å². The molecule has 1 aliphatic rings. The first-order valence-electron chi connectivity index (χ1n) is 14.1. The molecule has 1 N–H and O–H groups in total. The van der Waals surface area contributed by atoms with Crippen LogP contribution in [0.15, 0.2) is 60.7 Å². The van der Waals surface area contributed by atoms with E-state index >= 15 is 0 Å². The summed E-state index contributed by atoms with van der Waals surface area (Å²) in [6.07, 6.45) is 2.94. The van der Waals surface area contributed by atoms with Crippen LogP contribution in [0, 0.1) is 17.2 Å². The molecule has 0 saturated heterocycles. The van der Waals surface area contributed by atoms with Crippen molar-refractivity contribution in [2.75, 3.05) is 13.7 Å². The van der Waals surface area contributed by atoms with Gasteiger partial charge in [-0.2, -0.15) is 0 Å². The van der Waals surface area contributed by atoms with E-state index in [0.29, 0.717) is 47.1 Å². The molecule has 1 saturated carbocycles. The van der Waals surface area contributed by atoms with E-state index in [1.165, 1.54) is 18.9 Å². The maximum atomic E-state index is 14.9. The third kappa shape index (κ3) is 7.63. The molecule has 4 rings (SSSR count). The molecule has 0 aliphatic heterocycles. The van der Waals surface area contributed by atoms with Gasteiger partial charge < -0.3 is 19.3 Å². The van der Waals surface area contributed by atoms with Crippen LogP contribution in [0.4, 0.5) is 4.39 Å². The number of aliphatic hydroxyl groups excluding tert-OH is 1. The topological polar surface area (TPSA) is 65.0 Å². The first-order chi connectivity index (χ1) is 19.1. The Morgan fingerprint density at radius 3 is 2.48 bits per heavy atom. The summed E-state index contributed by atoms with van der Waals surface area (Å²) in [5.41, 5.74) is 3.09. The van der Waals surface area contributed by atoms with Gasteiger partial charge in [0.05, 0.1) is 26.2 Å². The second-order valence-corrected chi connectivity index (χ2v) is 11.8. The fourth-order valence-electron chi connectivity index (χ4n) is 5.02. The minimum atomic E-state index is -0.831. The fourth-order valence-corrected chi connectivity index (χ4v) is 5.02. The van der Waals surface area contributed by atoms with E-state index in [2.05, 4.69) is 6.07 Å². The highest BCUT2D eigenvalue weighted by Gasteiger charge is 2.29. The van der Waals surface area contributed by atoms with Gasteiger partial charge >= 0.3 is 5.97 Å². The van der Waals surface area contributed by atoms with Crippen molar-refractivity contribution in [1.82, 2.24) is 0 Å². The lowest BCUT2D eigenvalue weighted by atomic mass is 9.81. The first-order valence-corrected chi connectivity index (χ1v) is 14.1. The van der Waals surface area contributed by atoms with Crippen LogP contribution in [0.5, 0.6) is 11.5 Å². The molecule has 6 heteroatoms. The number of carbonyl (C=O) groups is 1. The smallest absolute Gasteiger partial charge is 0.306 e. The quantitative estimate of drug-likeness (QED) is 0.232. The highest BCUT2D eigenvalue weighted by Crippen LogP contribution is 2.42. The third-order valence-corrected chi connectivity index (χ3v) is 7.46. The average Bonchev–Trinajstić information content (AvgIpc) is 3.75. The summed E-state index contributed by atoms with van der Waals surface area (Å²) in [5.74, 6) is 1.47. The van der Waals surface area contributed by atoms with Gasteiger partial charge in [-0.1, -0.05) is 57.9 Å². The number of benzene rings is 3. The maximum absolute atomic E-state index is 14.9. The molecule has 0 spiro atoms. The van der Waals surface area contributed by atoms with Crippen molar-refractivity contribution >= 4 is 5.97 Å². The molecule has 0 unspecified atom stereocenters. The summed E-state index contributed by atoms with van der Waals surface area (Å²) in [5, 5.41) is 11.3. The number of carbonyl (C=O) groups excluding carboxylic acids is 1.